The van der Waals surface area contributed by atoms with Crippen molar-refractivity contribution >= 4 is 29.4 Å². The van der Waals surface area contributed by atoms with Gasteiger partial charge in [0.2, 0.25) is 0 Å². The number of nitriles is 1. The van der Waals surface area contributed by atoms with E-state index in [0.29, 0.717) is 10.4 Å². The molecule has 2 rings (SSSR count). The molecule has 0 fully saturated rings. The Labute approximate surface area is 115 Å². The standard InChI is InChI=1S/C14H11N3OS/c1-16-14(18)12-9-17-13(19-12)7-6-10-2-4-11(8-15)5-3-10/h2-7,9H,1H3,(H,16,18)/b7-6+. The summed E-state index contributed by atoms with van der Waals surface area (Å²) in [7, 11) is 1.59. The molecule has 1 aromatic carbocycles. The van der Waals surface area contributed by atoms with Gasteiger partial charge in [-0.15, -0.1) is 11.3 Å². The van der Waals surface area contributed by atoms with Gasteiger partial charge in [0.05, 0.1) is 17.8 Å². The number of carbonyl (C=O) groups is 1. The summed E-state index contributed by atoms with van der Waals surface area (Å²) < 4.78 is 0. The lowest BCUT2D eigenvalue weighted by atomic mass is 10.1. The smallest absolute Gasteiger partial charge is 0.262 e. The summed E-state index contributed by atoms with van der Waals surface area (Å²) in [6.07, 6.45) is 5.30. The zero-order valence-corrected chi connectivity index (χ0v) is 11.1. The van der Waals surface area contributed by atoms with E-state index in [1.165, 1.54) is 11.3 Å². The minimum absolute atomic E-state index is 0.129. The van der Waals surface area contributed by atoms with Gasteiger partial charge in [0.25, 0.3) is 5.91 Å². The van der Waals surface area contributed by atoms with Gasteiger partial charge in [0.15, 0.2) is 0 Å². The second kappa shape index (κ2) is 5.94. The van der Waals surface area contributed by atoms with Crippen LogP contribution in [-0.4, -0.2) is 17.9 Å². The van der Waals surface area contributed by atoms with Crippen molar-refractivity contribution in [3.05, 3.63) is 51.5 Å². The molecule has 0 saturated heterocycles. The minimum atomic E-state index is -0.129. The Balaban J connectivity index is 2.11. The molecule has 1 N–H and O–H groups in total. The Morgan fingerprint density at radius 2 is 2.11 bits per heavy atom. The van der Waals surface area contributed by atoms with Crippen LogP contribution < -0.4 is 5.32 Å². The van der Waals surface area contributed by atoms with Gasteiger partial charge >= 0.3 is 0 Å². The number of amides is 1. The molecule has 19 heavy (non-hydrogen) atoms. The van der Waals surface area contributed by atoms with Crippen LogP contribution in [0.5, 0.6) is 0 Å². The van der Waals surface area contributed by atoms with Crippen LogP contribution in [0.1, 0.15) is 25.8 Å². The fourth-order valence-electron chi connectivity index (χ4n) is 1.43. The molecule has 0 radical (unpaired) electrons. The normalized spacial score (nSPS) is 10.3. The first kappa shape index (κ1) is 13.0. The van der Waals surface area contributed by atoms with Gasteiger partial charge in [-0.2, -0.15) is 5.26 Å². The Morgan fingerprint density at radius 3 is 2.74 bits per heavy atom. The van der Waals surface area contributed by atoms with Crippen LogP contribution in [0, 0.1) is 11.3 Å². The molecule has 1 amide bonds. The van der Waals surface area contributed by atoms with Crippen LogP contribution >= 0.6 is 11.3 Å². The number of nitrogens with one attached hydrogen (secondary N) is 1. The van der Waals surface area contributed by atoms with Gasteiger partial charge in [-0.25, -0.2) is 4.98 Å². The maximum absolute atomic E-state index is 11.4. The molecule has 0 aliphatic carbocycles. The van der Waals surface area contributed by atoms with Crippen molar-refractivity contribution < 1.29 is 4.79 Å². The summed E-state index contributed by atoms with van der Waals surface area (Å²) in [4.78, 5) is 16.1. The molecule has 4 nitrogen and oxygen atoms in total. The highest BCUT2D eigenvalue weighted by Crippen LogP contribution is 2.16. The summed E-state index contributed by atoms with van der Waals surface area (Å²) in [5.41, 5.74) is 1.61. The quantitative estimate of drug-likeness (QED) is 0.931. The third kappa shape index (κ3) is 3.27. The minimum Gasteiger partial charge on any atom is -0.354 e. The molecule has 0 aliphatic heterocycles. The van der Waals surface area contributed by atoms with Crippen molar-refractivity contribution in [2.45, 2.75) is 0 Å². The van der Waals surface area contributed by atoms with Crippen LogP contribution in [-0.2, 0) is 0 Å². The van der Waals surface area contributed by atoms with Crippen molar-refractivity contribution in [1.29, 1.82) is 5.26 Å². The van der Waals surface area contributed by atoms with Crippen molar-refractivity contribution in [3.8, 4) is 6.07 Å². The lowest BCUT2D eigenvalue weighted by molar-refractivity contribution is 0.0967. The predicted octanol–water partition coefficient (Wildman–Crippen LogP) is 2.54. The molecule has 5 heteroatoms. The average Bonchev–Trinajstić information content (AvgIpc) is 2.93. The largest absolute Gasteiger partial charge is 0.354 e. The fourth-order valence-corrected chi connectivity index (χ4v) is 2.20. The van der Waals surface area contributed by atoms with E-state index in [0.717, 1.165) is 10.6 Å². The topological polar surface area (TPSA) is 65.8 Å². The number of thiazole rings is 1. The summed E-state index contributed by atoms with van der Waals surface area (Å²) in [6.45, 7) is 0. The van der Waals surface area contributed by atoms with Crippen molar-refractivity contribution in [1.82, 2.24) is 10.3 Å². The third-order valence-corrected chi connectivity index (χ3v) is 3.39. The maximum atomic E-state index is 11.4. The van der Waals surface area contributed by atoms with E-state index in [1.807, 2.05) is 24.3 Å². The number of aromatic nitrogens is 1. The molecule has 0 aliphatic rings. The first-order chi connectivity index (χ1) is 9.22. The summed E-state index contributed by atoms with van der Waals surface area (Å²) >= 11 is 1.33. The Morgan fingerprint density at radius 1 is 1.37 bits per heavy atom. The lowest BCUT2D eigenvalue weighted by Gasteiger charge is -1.92. The number of carbonyl (C=O) groups excluding carboxylic acids is 1. The second-order valence-corrected chi connectivity index (χ2v) is 4.77. The Hall–Kier alpha value is -2.45. The van der Waals surface area contributed by atoms with Crippen LogP contribution in [0.15, 0.2) is 30.5 Å². The van der Waals surface area contributed by atoms with Gasteiger partial charge in [-0.1, -0.05) is 18.2 Å². The highest BCUT2D eigenvalue weighted by molar-refractivity contribution is 7.14. The molecular formula is C14H11N3OS. The average molecular weight is 269 g/mol. The number of hydrogen-bond acceptors (Lipinski definition) is 4. The van der Waals surface area contributed by atoms with E-state index >= 15 is 0 Å². The highest BCUT2D eigenvalue weighted by atomic mass is 32.1. The highest BCUT2D eigenvalue weighted by Gasteiger charge is 2.06. The van der Waals surface area contributed by atoms with Gasteiger partial charge in [0, 0.05) is 7.05 Å². The molecule has 1 heterocycles. The van der Waals surface area contributed by atoms with Crippen LogP contribution in [0.2, 0.25) is 0 Å². The fraction of sp³-hybridized carbons (Fsp3) is 0.0714. The summed E-state index contributed by atoms with van der Waals surface area (Å²) in [6, 6.07) is 9.32. The number of benzene rings is 1. The molecule has 0 unspecified atom stereocenters. The summed E-state index contributed by atoms with van der Waals surface area (Å²) in [5, 5.41) is 12.0. The van der Waals surface area contributed by atoms with E-state index in [2.05, 4.69) is 16.4 Å². The van der Waals surface area contributed by atoms with Gasteiger partial charge in [0.1, 0.15) is 9.88 Å². The van der Waals surface area contributed by atoms with Crippen LogP contribution in [0.3, 0.4) is 0 Å². The van der Waals surface area contributed by atoms with Crippen LogP contribution in [0.25, 0.3) is 12.2 Å². The zero-order valence-electron chi connectivity index (χ0n) is 10.3. The molecule has 94 valence electrons. The van der Waals surface area contributed by atoms with E-state index in [-0.39, 0.29) is 5.91 Å². The van der Waals surface area contributed by atoms with Crippen LogP contribution in [0.4, 0.5) is 0 Å². The number of hydrogen-bond donors (Lipinski definition) is 1. The molecule has 0 spiro atoms. The van der Waals surface area contributed by atoms with E-state index in [1.54, 1.807) is 25.4 Å². The van der Waals surface area contributed by atoms with Gasteiger partial charge in [-0.3, -0.25) is 4.79 Å². The molecule has 1 aromatic heterocycles. The Kier molecular flexibility index (Phi) is 4.06. The van der Waals surface area contributed by atoms with Crippen molar-refractivity contribution in [3.63, 3.8) is 0 Å². The van der Waals surface area contributed by atoms with Gasteiger partial charge < -0.3 is 5.32 Å². The lowest BCUT2D eigenvalue weighted by Crippen LogP contribution is -2.16. The predicted molar refractivity (Wildman–Crippen MR) is 75.6 cm³/mol. The van der Waals surface area contributed by atoms with E-state index < -0.39 is 0 Å². The number of rotatable bonds is 3. The van der Waals surface area contributed by atoms with E-state index in [4.69, 9.17) is 5.26 Å². The maximum Gasteiger partial charge on any atom is 0.262 e. The molecule has 0 bridgehead atoms. The van der Waals surface area contributed by atoms with E-state index in [9.17, 15) is 4.79 Å². The molecular weight excluding hydrogens is 258 g/mol. The second-order valence-electron chi connectivity index (χ2n) is 3.71. The third-order valence-electron chi connectivity index (χ3n) is 2.43. The summed E-state index contributed by atoms with van der Waals surface area (Å²) in [5.74, 6) is -0.129. The zero-order chi connectivity index (χ0) is 13.7. The molecule has 0 saturated carbocycles. The SMILES string of the molecule is CNC(=O)c1cnc(/C=C/c2ccc(C#N)cc2)s1. The van der Waals surface area contributed by atoms with Crippen molar-refractivity contribution in [2.75, 3.05) is 7.05 Å². The first-order valence-electron chi connectivity index (χ1n) is 5.59. The van der Waals surface area contributed by atoms with Gasteiger partial charge in [-0.05, 0) is 23.8 Å². The van der Waals surface area contributed by atoms with Crippen molar-refractivity contribution in [2.24, 2.45) is 0 Å². The molecule has 0 atom stereocenters. The number of nitrogens with zero attached hydrogens (tertiary/aromatic N) is 2. The monoisotopic (exact) mass is 269 g/mol. The Bertz CT molecular complexity index is 650. The molecule has 2 aromatic rings. The first-order valence-corrected chi connectivity index (χ1v) is 6.41.